The first-order chi connectivity index (χ1) is 9.40. The van der Waals surface area contributed by atoms with E-state index < -0.39 is 11.5 Å². The van der Waals surface area contributed by atoms with Crippen molar-refractivity contribution in [1.82, 2.24) is 5.32 Å². The highest BCUT2D eigenvalue weighted by molar-refractivity contribution is 6.35. The van der Waals surface area contributed by atoms with Gasteiger partial charge in [0.05, 0.1) is 12.0 Å². The molecule has 0 unspecified atom stereocenters. The van der Waals surface area contributed by atoms with E-state index in [0.29, 0.717) is 28.5 Å². The Bertz CT molecular complexity index is 519. The van der Waals surface area contributed by atoms with Gasteiger partial charge in [-0.2, -0.15) is 0 Å². The maximum absolute atomic E-state index is 12.3. The van der Waals surface area contributed by atoms with E-state index in [1.165, 1.54) is 12.1 Å². The molecule has 1 amide bonds. The lowest BCUT2D eigenvalue weighted by Gasteiger charge is -2.28. The number of benzene rings is 1. The maximum atomic E-state index is 12.3. The Kier molecular flexibility index (Phi) is 4.55. The number of carbonyl (C=O) groups is 2. The van der Waals surface area contributed by atoms with E-state index in [1.807, 2.05) is 0 Å². The SMILES string of the molecule is O=C(O)CC1(NC(=O)c2cc(Cl)cc(Cl)c2)CCCC1. The van der Waals surface area contributed by atoms with Gasteiger partial charge in [-0.1, -0.05) is 36.0 Å². The van der Waals surface area contributed by atoms with E-state index in [2.05, 4.69) is 5.32 Å². The lowest BCUT2D eigenvalue weighted by atomic mass is 9.92. The van der Waals surface area contributed by atoms with Crippen molar-refractivity contribution in [3.05, 3.63) is 33.8 Å². The summed E-state index contributed by atoms with van der Waals surface area (Å²) in [4.78, 5) is 23.3. The third-order valence-electron chi connectivity index (χ3n) is 3.55. The van der Waals surface area contributed by atoms with Gasteiger partial charge in [0.25, 0.3) is 5.91 Å². The van der Waals surface area contributed by atoms with Crippen LogP contribution in [0, 0.1) is 0 Å². The van der Waals surface area contributed by atoms with Crippen LogP contribution in [0.2, 0.25) is 10.0 Å². The second-order valence-corrected chi connectivity index (χ2v) is 6.04. The van der Waals surface area contributed by atoms with Crippen LogP contribution in [0.3, 0.4) is 0 Å². The minimum absolute atomic E-state index is 0.0625. The zero-order valence-corrected chi connectivity index (χ0v) is 12.3. The molecule has 0 heterocycles. The van der Waals surface area contributed by atoms with Gasteiger partial charge in [-0.15, -0.1) is 0 Å². The minimum Gasteiger partial charge on any atom is -0.481 e. The van der Waals surface area contributed by atoms with E-state index in [4.69, 9.17) is 28.3 Å². The van der Waals surface area contributed by atoms with Crippen molar-refractivity contribution in [2.24, 2.45) is 0 Å². The van der Waals surface area contributed by atoms with Crippen LogP contribution in [0.5, 0.6) is 0 Å². The predicted molar refractivity (Wildman–Crippen MR) is 77.4 cm³/mol. The molecule has 0 atom stereocenters. The van der Waals surface area contributed by atoms with Crippen LogP contribution in [-0.2, 0) is 4.79 Å². The second-order valence-electron chi connectivity index (χ2n) is 5.17. The number of amides is 1. The van der Waals surface area contributed by atoms with Gasteiger partial charge in [-0.3, -0.25) is 9.59 Å². The Morgan fingerprint density at radius 2 is 1.70 bits per heavy atom. The molecule has 0 spiro atoms. The number of halogens is 2. The van der Waals surface area contributed by atoms with Crippen molar-refractivity contribution in [1.29, 1.82) is 0 Å². The monoisotopic (exact) mass is 315 g/mol. The molecule has 0 aliphatic heterocycles. The fourth-order valence-electron chi connectivity index (χ4n) is 2.69. The number of carbonyl (C=O) groups excluding carboxylic acids is 1. The lowest BCUT2D eigenvalue weighted by Crippen LogP contribution is -2.47. The zero-order chi connectivity index (χ0) is 14.8. The first kappa shape index (κ1) is 15.1. The lowest BCUT2D eigenvalue weighted by molar-refractivity contribution is -0.138. The van der Waals surface area contributed by atoms with E-state index in [9.17, 15) is 9.59 Å². The smallest absolute Gasteiger partial charge is 0.305 e. The van der Waals surface area contributed by atoms with Gasteiger partial charge in [0.15, 0.2) is 0 Å². The summed E-state index contributed by atoms with van der Waals surface area (Å²) in [6.07, 6.45) is 3.14. The molecule has 108 valence electrons. The molecule has 1 aromatic carbocycles. The summed E-state index contributed by atoms with van der Waals surface area (Å²) in [6.45, 7) is 0. The average molecular weight is 316 g/mol. The second kappa shape index (κ2) is 6.02. The number of nitrogens with one attached hydrogen (secondary N) is 1. The largest absolute Gasteiger partial charge is 0.481 e. The molecule has 1 aliphatic rings. The number of aliphatic carboxylic acids is 1. The van der Waals surface area contributed by atoms with Crippen LogP contribution >= 0.6 is 23.2 Å². The fraction of sp³-hybridized carbons (Fsp3) is 0.429. The highest BCUT2D eigenvalue weighted by Gasteiger charge is 2.37. The third kappa shape index (κ3) is 3.64. The van der Waals surface area contributed by atoms with Crippen LogP contribution in [0.4, 0.5) is 0 Å². The van der Waals surface area contributed by atoms with Crippen molar-refractivity contribution < 1.29 is 14.7 Å². The first-order valence-electron chi connectivity index (χ1n) is 6.41. The van der Waals surface area contributed by atoms with Crippen molar-refractivity contribution >= 4 is 35.1 Å². The van der Waals surface area contributed by atoms with Gasteiger partial charge in [0.2, 0.25) is 0 Å². The Balaban J connectivity index is 2.18. The highest BCUT2D eigenvalue weighted by atomic mass is 35.5. The molecule has 20 heavy (non-hydrogen) atoms. The Hall–Kier alpha value is -1.26. The molecule has 0 radical (unpaired) electrons. The molecule has 2 N–H and O–H groups in total. The van der Waals surface area contributed by atoms with Gasteiger partial charge in [-0.25, -0.2) is 0 Å². The first-order valence-corrected chi connectivity index (χ1v) is 7.16. The molecule has 6 heteroatoms. The number of hydrogen-bond acceptors (Lipinski definition) is 2. The third-order valence-corrected chi connectivity index (χ3v) is 3.99. The van der Waals surface area contributed by atoms with Gasteiger partial charge < -0.3 is 10.4 Å². The molecule has 0 bridgehead atoms. The van der Waals surface area contributed by atoms with Crippen molar-refractivity contribution in [2.75, 3.05) is 0 Å². The molecule has 1 aliphatic carbocycles. The van der Waals surface area contributed by atoms with E-state index in [-0.39, 0.29) is 12.3 Å². The van der Waals surface area contributed by atoms with E-state index in [0.717, 1.165) is 12.8 Å². The topological polar surface area (TPSA) is 66.4 Å². The van der Waals surface area contributed by atoms with Gasteiger partial charge in [0, 0.05) is 15.6 Å². The molecule has 0 saturated heterocycles. The van der Waals surface area contributed by atoms with Crippen LogP contribution in [0.25, 0.3) is 0 Å². The highest BCUT2D eigenvalue weighted by Crippen LogP contribution is 2.33. The summed E-state index contributed by atoms with van der Waals surface area (Å²) in [7, 11) is 0. The van der Waals surface area contributed by atoms with E-state index >= 15 is 0 Å². The molecule has 1 fully saturated rings. The van der Waals surface area contributed by atoms with Gasteiger partial charge in [0.1, 0.15) is 0 Å². The standard InChI is InChI=1S/C14H15Cl2NO3/c15-10-5-9(6-11(16)7-10)13(20)17-14(8-12(18)19)3-1-2-4-14/h5-7H,1-4,8H2,(H,17,20)(H,18,19). The van der Waals surface area contributed by atoms with Crippen LogP contribution in [0.15, 0.2) is 18.2 Å². The molecule has 4 nitrogen and oxygen atoms in total. The maximum Gasteiger partial charge on any atom is 0.305 e. The molecule has 1 saturated carbocycles. The van der Waals surface area contributed by atoms with Gasteiger partial charge in [-0.05, 0) is 31.0 Å². The zero-order valence-electron chi connectivity index (χ0n) is 10.8. The summed E-state index contributed by atoms with van der Waals surface area (Å²) in [5.41, 5.74) is -0.309. The quantitative estimate of drug-likeness (QED) is 0.893. The number of carboxylic acid groups (broad SMARTS) is 1. The molecular weight excluding hydrogens is 301 g/mol. The van der Waals surface area contributed by atoms with Crippen molar-refractivity contribution in [2.45, 2.75) is 37.6 Å². The molecule has 2 rings (SSSR count). The Morgan fingerprint density at radius 1 is 1.15 bits per heavy atom. The molecule has 1 aromatic rings. The number of rotatable bonds is 4. The van der Waals surface area contributed by atoms with Crippen LogP contribution in [-0.4, -0.2) is 22.5 Å². The Morgan fingerprint density at radius 3 is 2.20 bits per heavy atom. The molecule has 0 aromatic heterocycles. The summed E-state index contributed by atoms with van der Waals surface area (Å²) in [6, 6.07) is 4.58. The van der Waals surface area contributed by atoms with E-state index in [1.54, 1.807) is 6.07 Å². The van der Waals surface area contributed by atoms with Crippen molar-refractivity contribution in [3.8, 4) is 0 Å². The van der Waals surface area contributed by atoms with Crippen molar-refractivity contribution in [3.63, 3.8) is 0 Å². The number of hydrogen-bond donors (Lipinski definition) is 2. The summed E-state index contributed by atoms with van der Waals surface area (Å²) in [5.74, 6) is -1.24. The summed E-state index contributed by atoms with van der Waals surface area (Å²) in [5, 5.41) is 12.6. The summed E-state index contributed by atoms with van der Waals surface area (Å²) >= 11 is 11.7. The number of carboxylic acids is 1. The normalized spacial score (nSPS) is 16.9. The van der Waals surface area contributed by atoms with Crippen LogP contribution in [0.1, 0.15) is 42.5 Å². The molecular formula is C14H15Cl2NO3. The Labute approximate surface area is 127 Å². The van der Waals surface area contributed by atoms with Gasteiger partial charge >= 0.3 is 5.97 Å². The fourth-order valence-corrected chi connectivity index (χ4v) is 3.21. The van der Waals surface area contributed by atoms with Crippen LogP contribution < -0.4 is 5.32 Å². The minimum atomic E-state index is -0.906. The average Bonchev–Trinajstić information content (AvgIpc) is 2.74. The summed E-state index contributed by atoms with van der Waals surface area (Å²) < 4.78 is 0. The predicted octanol–water partition coefficient (Wildman–Crippen LogP) is 3.51.